The summed E-state index contributed by atoms with van der Waals surface area (Å²) in [5.74, 6) is 1.35. The number of rotatable bonds is 9. The summed E-state index contributed by atoms with van der Waals surface area (Å²) in [6.45, 7) is 1.81. The number of anilines is 2. The molecule has 164 valence electrons. The van der Waals surface area contributed by atoms with Crippen LogP contribution in [0.15, 0.2) is 36.7 Å². The van der Waals surface area contributed by atoms with E-state index in [1.54, 1.807) is 6.07 Å². The van der Waals surface area contributed by atoms with E-state index < -0.39 is 5.82 Å². The van der Waals surface area contributed by atoms with Crippen molar-refractivity contribution in [2.45, 2.75) is 25.4 Å². The summed E-state index contributed by atoms with van der Waals surface area (Å²) in [6.07, 6.45) is 4.22. The molecule has 0 spiro atoms. The molecule has 2 aromatic carbocycles. The maximum absolute atomic E-state index is 13.5. The van der Waals surface area contributed by atoms with Crippen molar-refractivity contribution in [2.24, 2.45) is 0 Å². The maximum Gasteiger partial charge on any atom is 0.163 e. The van der Waals surface area contributed by atoms with Crippen LogP contribution in [0.4, 0.5) is 15.9 Å². The minimum absolute atomic E-state index is 0.0284. The summed E-state index contributed by atoms with van der Waals surface area (Å²) in [5.41, 5.74) is 1.32. The molecule has 4 rings (SSSR count). The topological polar surface area (TPSA) is 65.5 Å². The summed E-state index contributed by atoms with van der Waals surface area (Å²) in [7, 11) is 0. The fourth-order valence-corrected chi connectivity index (χ4v) is 3.82. The SMILES string of the molecule is Fc1ccc(Nc2ncnc3cc(OCCCCBr)c(O[C@H]4CCOC4)cc23)cc1Cl. The molecule has 1 saturated heterocycles. The third-order valence-electron chi connectivity index (χ3n) is 4.85. The van der Waals surface area contributed by atoms with Gasteiger partial charge in [0.05, 0.1) is 30.4 Å². The molecule has 1 aromatic heterocycles. The van der Waals surface area contributed by atoms with Crippen LogP contribution in [0.25, 0.3) is 10.9 Å². The minimum atomic E-state index is -0.476. The lowest BCUT2D eigenvalue weighted by molar-refractivity contribution is 0.137. The van der Waals surface area contributed by atoms with E-state index in [4.69, 9.17) is 25.8 Å². The summed E-state index contributed by atoms with van der Waals surface area (Å²) in [4.78, 5) is 8.75. The number of aromatic nitrogens is 2. The van der Waals surface area contributed by atoms with Crippen LogP contribution in [0.3, 0.4) is 0 Å². The number of fused-ring (bicyclic) bond motifs is 1. The number of ether oxygens (including phenoxy) is 3. The molecule has 0 saturated carbocycles. The Morgan fingerprint density at radius 2 is 2.10 bits per heavy atom. The van der Waals surface area contributed by atoms with Gasteiger partial charge in [-0.2, -0.15) is 0 Å². The molecule has 1 aliphatic heterocycles. The lowest BCUT2D eigenvalue weighted by Gasteiger charge is -2.18. The van der Waals surface area contributed by atoms with E-state index in [0.717, 1.165) is 30.0 Å². The van der Waals surface area contributed by atoms with Gasteiger partial charge in [-0.3, -0.25) is 0 Å². The molecule has 2 heterocycles. The first-order valence-corrected chi connectivity index (χ1v) is 11.6. The van der Waals surface area contributed by atoms with Gasteiger partial charge in [0.2, 0.25) is 0 Å². The quantitative estimate of drug-likeness (QED) is 0.286. The number of alkyl halides is 1. The third-order valence-corrected chi connectivity index (χ3v) is 5.70. The molecule has 1 N–H and O–H groups in total. The fraction of sp³-hybridized carbons (Fsp3) is 0.364. The second-order valence-corrected chi connectivity index (χ2v) is 8.34. The van der Waals surface area contributed by atoms with Crippen molar-refractivity contribution in [2.75, 3.05) is 30.5 Å². The van der Waals surface area contributed by atoms with Gasteiger partial charge in [-0.1, -0.05) is 27.5 Å². The molecule has 9 heteroatoms. The molecule has 0 bridgehead atoms. The van der Waals surface area contributed by atoms with Gasteiger partial charge in [-0.05, 0) is 37.1 Å². The highest BCUT2D eigenvalue weighted by Gasteiger charge is 2.21. The molecular formula is C22H22BrClFN3O3. The van der Waals surface area contributed by atoms with E-state index >= 15 is 0 Å². The van der Waals surface area contributed by atoms with Gasteiger partial charge in [0.15, 0.2) is 11.5 Å². The summed E-state index contributed by atoms with van der Waals surface area (Å²) >= 11 is 9.35. The van der Waals surface area contributed by atoms with Crippen LogP contribution in [-0.4, -0.2) is 41.2 Å². The van der Waals surface area contributed by atoms with Crippen molar-refractivity contribution < 1.29 is 18.6 Å². The van der Waals surface area contributed by atoms with E-state index in [1.165, 1.54) is 18.5 Å². The number of halogens is 3. The molecule has 0 aliphatic carbocycles. The standard InChI is InChI=1S/C22H22BrClFN3O3/c23-6-1-2-7-30-20-11-19-16(10-21(20)31-15-5-8-29-12-15)22(27-13-26-19)28-14-3-4-18(25)17(24)9-14/h3-4,9-11,13,15H,1-2,5-8,12H2,(H,26,27,28)/t15-/m0/s1. The van der Waals surface area contributed by atoms with Crippen molar-refractivity contribution in [3.05, 3.63) is 47.5 Å². The zero-order valence-electron chi connectivity index (χ0n) is 16.7. The normalized spacial score (nSPS) is 15.9. The van der Waals surface area contributed by atoms with E-state index in [-0.39, 0.29) is 11.1 Å². The van der Waals surface area contributed by atoms with E-state index in [0.29, 0.717) is 48.3 Å². The average molecular weight is 511 g/mol. The molecule has 3 aromatic rings. The van der Waals surface area contributed by atoms with Gasteiger partial charge < -0.3 is 19.5 Å². The van der Waals surface area contributed by atoms with Gasteiger partial charge in [-0.15, -0.1) is 0 Å². The lowest BCUT2D eigenvalue weighted by Crippen LogP contribution is -2.16. The van der Waals surface area contributed by atoms with Gasteiger partial charge >= 0.3 is 0 Å². The van der Waals surface area contributed by atoms with Crippen LogP contribution in [0.1, 0.15) is 19.3 Å². The predicted molar refractivity (Wildman–Crippen MR) is 123 cm³/mol. The average Bonchev–Trinajstić information content (AvgIpc) is 3.27. The van der Waals surface area contributed by atoms with Crippen LogP contribution in [0.2, 0.25) is 5.02 Å². The number of unbranched alkanes of at least 4 members (excludes halogenated alkanes) is 1. The van der Waals surface area contributed by atoms with Gasteiger partial charge in [0.1, 0.15) is 24.1 Å². The summed E-state index contributed by atoms with van der Waals surface area (Å²) < 4.78 is 31.2. The molecule has 6 nitrogen and oxygen atoms in total. The highest BCUT2D eigenvalue weighted by molar-refractivity contribution is 9.09. The van der Waals surface area contributed by atoms with Crippen LogP contribution >= 0.6 is 27.5 Å². The van der Waals surface area contributed by atoms with Crippen molar-refractivity contribution in [3.8, 4) is 11.5 Å². The van der Waals surface area contributed by atoms with Crippen LogP contribution in [-0.2, 0) is 4.74 Å². The second-order valence-electron chi connectivity index (χ2n) is 7.14. The Bertz CT molecular complexity index is 1050. The summed E-state index contributed by atoms with van der Waals surface area (Å²) in [6, 6.07) is 8.16. The first kappa shape index (κ1) is 22.0. The largest absolute Gasteiger partial charge is 0.490 e. The maximum atomic E-state index is 13.5. The van der Waals surface area contributed by atoms with Crippen LogP contribution < -0.4 is 14.8 Å². The van der Waals surface area contributed by atoms with E-state index in [9.17, 15) is 4.39 Å². The Hall–Kier alpha value is -2.16. The van der Waals surface area contributed by atoms with E-state index in [1.807, 2.05) is 12.1 Å². The zero-order chi connectivity index (χ0) is 21.6. The Balaban J connectivity index is 1.66. The molecule has 0 amide bonds. The Kier molecular flexibility index (Phi) is 7.42. The van der Waals surface area contributed by atoms with Crippen molar-refractivity contribution in [3.63, 3.8) is 0 Å². The Morgan fingerprint density at radius 3 is 2.87 bits per heavy atom. The van der Waals surface area contributed by atoms with Crippen LogP contribution in [0, 0.1) is 5.82 Å². The first-order chi connectivity index (χ1) is 15.1. The minimum Gasteiger partial charge on any atom is -0.490 e. The zero-order valence-corrected chi connectivity index (χ0v) is 19.1. The highest BCUT2D eigenvalue weighted by Crippen LogP contribution is 2.36. The number of nitrogens with one attached hydrogen (secondary N) is 1. The smallest absolute Gasteiger partial charge is 0.163 e. The van der Waals surface area contributed by atoms with Crippen LogP contribution in [0.5, 0.6) is 11.5 Å². The second kappa shape index (κ2) is 10.4. The van der Waals surface area contributed by atoms with Crippen molar-refractivity contribution >= 4 is 49.9 Å². The molecule has 31 heavy (non-hydrogen) atoms. The molecular weight excluding hydrogens is 489 g/mol. The third kappa shape index (κ3) is 5.56. The molecule has 0 unspecified atom stereocenters. The number of hydrogen-bond donors (Lipinski definition) is 1. The monoisotopic (exact) mass is 509 g/mol. The van der Waals surface area contributed by atoms with E-state index in [2.05, 4.69) is 31.2 Å². The van der Waals surface area contributed by atoms with Crippen molar-refractivity contribution in [1.82, 2.24) is 9.97 Å². The number of nitrogens with zero attached hydrogens (tertiary/aromatic N) is 2. The first-order valence-electron chi connectivity index (χ1n) is 10.1. The van der Waals surface area contributed by atoms with Crippen molar-refractivity contribution in [1.29, 1.82) is 0 Å². The van der Waals surface area contributed by atoms with Gasteiger partial charge in [0.25, 0.3) is 0 Å². The number of benzene rings is 2. The number of hydrogen-bond acceptors (Lipinski definition) is 6. The fourth-order valence-electron chi connectivity index (χ4n) is 3.24. The molecule has 0 radical (unpaired) electrons. The Labute approximate surface area is 193 Å². The van der Waals surface area contributed by atoms with Gasteiger partial charge in [0, 0.05) is 28.9 Å². The predicted octanol–water partition coefficient (Wildman–Crippen LogP) is 5.89. The highest BCUT2D eigenvalue weighted by atomic mass is 79.9. The lowest BCUT2D eigenvalue weighted by atomic mass is 10.2. The molecule has 1 atom stereocenters. The Morgan fingerprint density at radius 1 is 1.19 bits per heavy atom. The molecule has 1 fully saturated rings. The molecule has 1 aliphatic rings. The summed E-state index contributed by atoms with van der Waals surface area (Å²) in [5, 5.41) is 4.91. The van der Waals surface area contributed by atoms with Gasteiger partial charge in [-0.25, -0.2) is 14.4 Å².